The van der Waals surface area contributed by atoms with Crippen LogP contribution < -0.4 is 10.5 Å². The van der Waals surface area contributed by atoms with Crippen LogP contribution in [0.1, 0.15) is 24.7 Å². The summed E-state index contributed by atoms with van der Waals surface area (Å²) in [6.07, 6.45) is 0.602. The summed E-state index contributed by atoms with van der Waals surface area (Å²) in [5, 5.41) is 6.51. The summed E-state index contributed by atoms with van der Waals surface area (Å²) >= 11 is 0. The van der Waals surface area contributed by atoms with Crippen LogP contribution in [0.15, 0.2) is 4.90 Å². The van der Waals surface area contributed by atoms with Crippen molar-refractivity contribution < 1.29 is 13.2 Å². The summed E-state index contributed by atoms with van der Waals surface area (Å²) in [4.78, 5) is 0.147. The van der Waals surface area contributed by atoms with Crippen molar-refractivity contribution in [1.82, 2.24) is 14.9 Å². The number of nitrogens with two attached hydrogens (primary N) is 1. The topological polar surface area (TPSA) is 110 Å². The number of methoxy groups -OCH3 is 1. The first kappa shape index (κ1) is 15.1. The van der Waals surface area contributed by atoms with Crippen molar-refractivity contribution in [3.63, 3.8) is 0 Å². The number of nitrogens with zero attached hydrogens (tertiary/aromatic N) is 1. The molecular weight excluding hydrogens is 256 g/mol. The maximum absolute atomic E-state index is 12.2. The standard InChI is InChI=1S/C10H20N4O3S/c1-7(4-5-17-3)14-18(15,16)10-8(2)12-13-9(10)6-11/h7,14H,4-6,11H2,1-3H3,(H,12,13). The second kappa shape index (κ2) is 6.28. The van der Waals surface area contributed by atoms with Gasteiger partial charge in [0.2, 0.25) is 10.0 Å². The molecule has 4 N–H and O–H groups in total. The van der Waals surface area contributed by atoms with Crippen molar-refractivity contribution in [3.8, 4) is 0 Å². The Balaban J connectivity index is 2.89. The van der Waals surface area contributed by atoms with Crippen molar-refractivity contribution >= 4 is 10.0 Å². The number of hydrogen-bond acceptors (Lipinski definition) is 5. The summed E-state index contributed by atoms with van der Waals surface area (Å²) in [7, 11) is -2.02. The van der Waals surface area contributed by atoms with Gasteiger partial charge < -0.3 is 10.5 Å². The van der Waals surface area contributed by atoms with Gasteiger partial charge in [-0.3, -0.25) is 5.10 Å². The van der Waals surface area contributed by atoms with Gasteiger partial charge >= 0.3 is 0 Å². The average molecular weight is 276 g/mol. The molecule has 104 valence electrons. The molecule has 0 aliphatic rings. The third-order valence-corrected chi connectivity index (χ3v) is 4.33. The van der Waals surface area contributed by atoms with Gasteiger partial charge in [-0.2, -0.15) is 5.10 Å². The molecule has 0 amide bonds. The maximum atomic E-state index is 12.2. The second-order valence-electron chi connectivity index (χ2n) is 4.13. The van der Waals surface area contributed by atoms with E-state index in [0.29, 0.717) is 24.4 Å². The molecule has 0 bridgehead atoms. The van der Waals surface area contributed by atoms with Crippen molar-refractivity contribution in [2.24, 2.45) is 5.73 Å². The smallest absolute Gasteiger partial charge is 0.244 e. The molecule has 1 rings (SSSR count). The van der Waals surface area contributed by atoms with Crippen molar-refractivity contribution in [1.29, 1.82) is 0 Å². The van der Waals surface area contributed by atoms with Gasteiger partial charge in [0.15, 0.2) is 0 Å². The first-order valence-corrected chi connectivity index (χ1v) is 7.15. The highest BCUT2D eigenvalue weighted by Crippen LogP contribution is 2.17. The highest BCUT2D eigenvalue weighted by molar-refractivity contribution is 7.89. The van der Waals surface area contributed by atoms with E-state index in [1.165, 1.54) is 0 Å². The quantitative estimate of drug-likeness (QED) is 0.643. The molecule has 0 fully saturated rings. The molecule has 1 unspecified atom stereocenters. The molecule has 1 heterocycles. The van der Waals surface area contributed by atoms with Gasteiger partial charge in [0.05, 0.1) is 11.4 Å². The number of H-pyrrole nitrogens is 1. The van der Waals surface area contributed by atoms with Crippen LogP contribution in [-0.2, 0) is 21.3 Å². The van der Waals surface area contributed by atoms with Crippen LogP contribution in [0.3, 0.4) is 0 Å². The van der Waals surface area contributed by atoms with E-state index >= 15 is 0 Å². The minimum Gasteiger partial charge on any atom is -0.385 e. The van der Waals surface area contributed by atoms with Gasteiger partial charge in [-0.15, -0.1) is 0 Å². The number of ether oxygens (including phenoxy) is 1. The largest absolute Gasteiger partial charge is 0.385 e. The van der Waals surface area contributed by atoms with E-state index in [9.17, 15) is 8.42 Å². The molecule has 1 atom stereocenters. The highest BCUT2D eigenvalue weighted by Gasteiger charge is 2.25. The third-order valence-electron chi connectivity index (χ3n) is 2.53. The summed E-state index contributed by atoms with van der Waals surface area (Å²) in [6, 6.07) is -0.213. The molecule has 0 spiro atoms. The first-order chi connectivity index (χ1) is 8.42. The number of aromatic nitrogens is 2. The van der Waals surface area contributed by atoms with Crippen molar-refractivity contribution in [2.75, 3.05) is 13.7 Å². The zero-order valence-corrected chi connectivity index (χ0v) is 11.7. The summed E-state index contributed by atoms with van der Waals surface area (Å²) < 4.78 is 31.9. The van der Waals surface area contributed by atoms with E-state index in [4.69, 9.17) is 10.5 Å². The van der Waals surface area contributed by atoms with Crippen LogP contribution in [0.2, 0.25) is 0 Å². The van der Waals surface area contributed by atoms with Crippen LogP contribution in [-0.4, -0.2) is 38.4 Å². The molecule has 0 aliphatic heterocycles. The Morgan fingerprint density at radius 2 is 2.22 bits per heavy atom. The van der Waals surface area contributed by atoms with Crippen molar-refractivity contribution in [2.45, 2.75) is 37.8 Å². The first-order valence-electron chi connectivity index (χ1n) is 5.67. The molecule has 0 radical (unpaired) electrons. The average Bonchev–Trinajstić information content (AvgIpc) is 2.67. The summed E-state index contributed by atoms with van der Waals surface area (Å²) in [6.45, 7) is 4.01. The summed E-state index contributed by atoms with van der Waals surface area (Å²) in [5.41, 5.74) is 6.31. The van der Waals surface area contributed by atoms with Crippen LogP contribution in [0, 0.1) is 6.92 Å². The van der Waals surface area contributed by atoms with Gasteiger partial charge in [-0.05, 0) is 20.3 Å². The van der Waals surface area contributed by atoms with Crippen LogP contribution in [0.5, 0.6) is 0 Å². The fraction of sp³-hybridized carbons (Fsp3) is 0.700. The SMILES string of the molecule is COCCC(C)NS(=O)(=O)c1c(CN)n[nH]c1C. The van der Waals surface area contributed by atoms with Crippen molar-refractivity contribution in [3.05, 3.63) is 11.4 Å². The molecule has 8 heteroatoms. The maximum Gasteiger partial charge on any atom is 0.244 e. The van der Waals surface area contributed by atoms with E-state index in [1.807, 2.05) is 0 Å². The number of rotatable bonds is 7. The summed E-state index contributed by atoms with van der Waals surface area (Å²) in [5.74, 6) is 0. The molecule has 0 aromatic carbocycles. The van der Waals surface area contributed by atoms with Gasteiger partial charge in [0.1, 0.15) is 4.90 Å². The Bertz CT molecular complexity index is 483. The highest BCUT2D eigenvalue weighted by atomic mass is 32.2. The zero-order chi connectivity index (χ0) is 13.8. The van der Waals surface area contributed by atoms with E-state index in [1.54, 1.807) is 21.0 Å². The molecule has 0 saturated heterocycles. The second-order valence-corrected chi connectivity index (χ2v) is 5.78. The fourth-order valence-electron chi connectivity index (χ4n) is 1.64. The molecular formula is C10H20N4O3S. The molecule has 0 aliphatic carbocycles. The number of hydrogen-bond donors (Lipinski definition) is 3. The molecule has 0 saturated carbocycles. The van der Waals surface area contributed by atoms with Crippen LogP contribution >= 0.6 is 0 Å². The number of sulfonamides is 1. The Kier molecular flexibility index (Phi) is 5.27. The Morgan fingerprint density at radius 3 is 2.78 bits per heavy atom. The number of aryl methyl sites for hydroxylation is 1. The van der Waals surface area contributed by atoms with Gasteiger partial charge in [0.25, 0.3) is 0 Å². The van der Waals surface area contributed by atoms with Gasteiger partial charge in [0, 0.05) is 26.3 Å². The minimum absolute atomic E-state index is 0.0764. The number of nitrogens with one attached hydrogen (secondary N) is 2. The van der Waals surface area contributed by atoms with E-state index in [2.05, 4.69) is 14.9 Å². The lowest BCUT2D eigenvalue weighted by Crippen LogP contribution is -2.34. The molecule has 18 heavy (non-hydrogen) atoms. The predicted molar refractivity (Wildman–Crippen MR) is 67.5 cm³/mol. The van der Waals surface area contributed by atoms with Crippen LogP contribution in [0.25, 0.3) is 0 Å². The molecule has 1 aromatic rings. The number of aromatic amines is 1. The Labute approximate surface area is 107 Å². The monoisotopic (exact) mass is 276 g/mol. The van der Waals surface area contributed by atoms with Gasteiger partial charge in [-0.25, -0.2) is 13.1 Å². The van der Waals surface area contributed by atoms with E-state index in [0.717, 1.165) is 0 Å². The predicted octanol–water partition coefficient (Wildman–Crippen LogP) is -0.120. The van der Waals surface area contributed by atoms with E-state index < -0.39 is 10.0 Å². The lowest BCUT2D eigenvalue weighted by molar-refractivity contribution is 0.188. The Hall–Kier alpha value is -0.960. The molecule has 1 aromatic heterocycles. The lowest BCUT2D eigenvalue weighted by Gasteiger charge is -2.14. The fourth-order valence-corrected chi connectivity index (χ4v) is 3.29. The normalized spacial score (nSPS) is 13.8. The van der Waals surface area contributed by atoms with Crippen LogP contribution in [0.4, 0.5) is 0 Å². The lowest BCUT2D eigenvalue weighted by atomic mass is 10.3. The third kappa shape index (κ3) is 3.52. The minimum atomic E-state index is -3.60. The Morgan fingerprint density at radius 1 is 1.56 bits per heavy atom. The van der Waals surface area contributed by atoms with E-state index in [-0.39, 0.29) is 17.5 Å². The van der Waals surface area contributed by atoms with Gasteiger partial charge in [-0.1, -0.05) is 0 Å². The zero-order valence-electron chi connectivity index (χ0n) is 10.9. The molecule has 7 nitrogen and oxygen atoms in total.